The minimum Gasteiger partial charge on any atom is -0.460 e. The first-order valence-corrected chi connectivity index (χ1v) is 13.1. The summed E-state index contributed by atoms with van der Waals surface area (Å²) >= 11 is 0. The Balaban J connectivity index is 2.75. The molecule has 0 radical (unpaired) electrons. The fraction of sp³-hybridized carbons (Fsp3) is 0.913. The molecule has 10 heteroatoms. The predicted octanol–water partition coefficient (Wildman–Crippen LogP) is 6.06. The molecule has 0 saturated heterocycles. The van der Waals surface area contributed by atoms with Crippen LogP contribution >= 0.6 is 7.82 Å². The molecule has 0 atom stereocenters. The van der Waals surface area contributed by atoms with Crippen molar-refractivity contribution in [2.45, 2.75) is 111 Å². The molecular formula is C23H44NO8P. The molecule has 1 fully saturated rings. The highest BCUT2D eigenvalue weighted by molar-refractivity contribution is 7.48. The van der Waals surface area contributed by atoms with Crippen molar-refractivity contribution in [1.29, 1.82) is 0 Å². The van der Waals surface area contributed by atoms with Crippen LogP contribution in [-0.4, -0.2) is 53.6 Å². The van der Waals surface area contributed by atoms with Gasteiger partial charge in [0.15, 0.2) is 0 Å². The lowest BCUT2D eigenvalue weighted by molar-refractivity contribution is -0.155. The number of rotatable bonds is 10. The van der Waals surface area contributed by atoms with E-state index >= 15 is 0 Å². The first kappa shape index (κ1) is 29.9. The zero-order valence-electron chi connectivity index (χ0n) is 21.9. The van der Waals surface area contributed by atoms with Gasteiger partial charge >= 0.3 is 19.9 Å². The highest BCUT2D eigenvalue weighted by atomic mass is 31.2. The Labute approximate surface area is 199 Å². The summed E-state index contributed by atoms with van der Waals surface area (Å²) in [7, 11) is -4.00. The van der Waals surface area contributed by atoms with Crippen LogP contribution in [-0.2, 0) is 32.4 Å². The number of amides is 1. The average Bonchev–Trinajstić information content (AvgIpc) is 3.06. The molecular weight excluding hydrogens is 449 g/mol. The van der Waals surface area contributed by atoms with Crippen molar-refractivity contribution in [3.8, 4) is 0 Å². The summed E-state index contributed by atoms with van der Waals surface area (Å²) in [6, 6.07) is 0. The van der Waals surface area contributed by atoms with Crippen molar-refractivity contribution in [2.75, 3.05) is 19.9 Å². The van der Waals surface area contributed by atoms with Crippen molar-refractivity contribution in [2.24, 2.45) is 5.92 Å². The van der Waals surface area contributed by atoms with Gasteiger partial charge in [-0.05, 0) is 81.1 Å². The van der Waals surface area contributed by atoms with E-state index in [2.05, 4.69) is 0 Å². The first-order valence-electron chi connectivity index (χ1n) is 11.7. The fourth-order valence-electron chi connectivity index (χ4n) is 3.36. The highest BCUT2D eigenvalue weighted by Crippen LogP contribution is 2.55. The van der Waals surface area contributed by atoms with E-state index in [9.17, 15) is 14.2 Å². The number of phosphoric acid groups is 1. The third kappa shape index (κ3) is 14.0. The molecule has 0 aromatic rings. The summed E-state index contributed by atoms with van der Waals surface area (Å²) in [5.41, 5.74) is -2.19. The Kier molecular flexibility index (Phi) is 10.9. The fourth-order valence-corrected chi connectivity index (χ4v) is 5.02. The second-order valence-corrected chi connectivity index (χ2v) is 13.0. The van der Waals surface area contributed by atoms with Crippen LogP contribution in [0, 0.1) is 5.92 Å². The molecule has 0 aliphatic heterocycles. The van der Waals surface area contributed by atoms with Crippen molar-refractivity contribution in [3.05, 3.63) is 0 Å². The molecule has 0 spiro atoms. The smallest absolute Gasteiger partial charge is 0.460 e. The Bertz CT molecular complexity index is 664. The van der Waals surface area contributed by atoms with E-state index in [4.69, 9.17) is 23.0 Å². The zero-order valence-corrected chi connectivity index (χ0v) is 22.8. The molecule has 1 amide bonds. The van der Waals surface area contributed by atoms with Crippen LogP contribution in [0.15, 0.2) is 0 Å². The van der Waals surface area contributed by atoms with Crippen molar-refractivity contribution < 1.29 is 37.2 Å². The van der Waals surface area contributed by atoms with Crippen LogP contribution in [0.5, 0.6) is 0 Å². The van der Waals surface area contributed by atoms with Crippen LogP contribution in [0.4, 0.5) is 4.79 Å². The van der Waals surface area contributed by atoms with Gasteiger partial charge in [0.1, 0.15) is 5.60 Å². The van der Waals surface area contributed by atoms with Gasteiger partial charge in [-0.1, -0.05) is 12.8 Å². The van der Waals surface area contributed by atoms with Gasteiger partial charge in [-0.2, -0.15) is 0 Å². The molecule has 194 valence electrons. The topological polar surface area (TPSA) is 101 Å². The van der Waals surface area contributed by atoms with Crippen LogP contribution in [0.25, 0.3) is 0 Å². The van der Waals surface area contributed by atoms with Crippen LogP contribution in [0.2, 0.25) is 0 Å². The number of carbonyl (C=O) groups is 2. The second kappa shape index (κ2) is 12.0. The molecule has 0 heterocycles. The largest absolute Gasteiger partial charge is 0.478 e. The zero-order chi connectivity index (χ0) is 25.5. The van der Waals surface area contributed by atoms with Gasteiger partial charge in [0, 0.05) is 13.1 Å². The van der Waals surface area contributed by atoms with Gasteiger partial charge in [0.05, 0.1) is 17.6 Å². The summed E-state index contributed by atoms with van der Waals surface area (Å²) in [5.74, 6) is -0.0266. The van der Waals surface area contributed by atoms with Crippen LogP contribution in [0.1, 0.15) is 94.4 Å². The van der Waals surface area contributed by atoms with E-state index in [-0.39, 0.29) is 18.9 Å². The normalized spacial score (nSPS) is 16.0. The molecule has 33 heavy (non-hydrogen) atoms. The maximum atomic E-state index is 13.1. The monoisotopic (exact) mass is 493 g/mol. The van der Waals surface area contributed by atoms with Crippen molar-refractivity contribution >= 4 is 19.9 Å². The number of phosphoric ester groups is 1. The minimum atomic E-state index is -4.00. The summed E-state index contributed by atoms with van der Waals surface area (Å²) in [5, 5.41) is 0. The van der Waals surface area contributed by atoms with Crippen LogP contribution in [0.3, 0.4) is 0 Å². The van der Waals surface area contributed by atoms with Gasteiger partial charge in [-0.3, -0.25) is 13.8 Å². The number of nitrogens with zero attached hydrogens (tertiary/aromatic N) is 1. The molecule has 1 saturated carbocycles. The Morgan fingerprint density at radius 1 is 0.879 bits per heavy atom. The lowest BCUT2D eigenvalue weighted by Gasteiger charge is -2.31. The van der Waals surface area contributed by atoms with Gasteiger partial charge in [-0.15, -0.1) is 0 Å². The quantitative estimate of drug-likeness (QED) is 0.206. The lowest BCUT2D eigenvalue weighted by atomic mass is 10.1. The first-order chi connectivity index (χ1) is 14.9. The van der Waals surface area contributed by atoms with E-state index < -0.39 is 37.5 Å². The van der Waals surface area contributed by atoms with Crippen molar-refractivity contribution in [3.63, 3.8) is 0 Å². The average molecular weight is 494 g/mol. The Morgan fingerprint density at radius 2 is 1.39 bits per heavy atom. The number of hydrogen-bond acceptors (Lipinski definition) is 8. The molecule has 0 unspecified atom stereocenters. The second-order valence-electron chi connectivity index (χ2n) is 11.4. The standard InChI is InChI=1S/C23H44NO8P/c1-21(2,3)30-19(25)14-15-24(16-18-12-10-11-13-18)20(26)28-17-29-33(27,31-22(4,5)6)32-23(7,8)9/h18H,10-17H2,1-9H3. The molecule has 1 aliphatic carbocycles. The van der Waals surface area contributed by atoms with E-state index in [1.165, 1.54) is 4.90 Å². The summed E-state index contributed by atoms with van der Waals surface area (Å²) in [6.07, 6.45) is 3.71. The number of hydrogen-bond donors (Lipinski definition) is 0. The molecule has 1 rings (SSSR count). The minimum absolute atomic E-state index is 0.0543. The number of ether oxygens (including phenoxy) is 2. The van der Waals surface area contributed by atoms with Gasteiger partial charge in [0.25, 0.3) is 0 Å². The predicted molar refractivity (Wildman–Crippen MR) is 126 cm³/mol. The summed E-state index contributed by atoms with van der Waals surface area (Å²) in [4.78, 5) is 26.4. The Morgan fingerprint density at radius 3 is 1.85 bits per heavy atom. The molecule has 0 aromatic heterocycles. The van der Waals surface area contributed by atoms with Gasteiger partial charge in [-0.25, -0.2) is 13.9 Å². The summed E-state index contributed by atoms with van der Waals surface area (Å²) in [6.45, 7) is 15.8. The molecule has 0 N–H and O–H groups in total. The Hall–Kier alpha value is -1.15. The lowest BCUT2D eigenvalue weighted by Crippen LogP contribution is -2.38. The SMILES string of the molecule is CC(C)(C)OC(=O)CCN(CC1CCCC1)C(=O)OCOP(=O)(OC(C)(C)C)OC(C)(C)C. The third-order valence-electron chi connectivity index (χ3n) is 4.38. The highest BCUT2D eigenvalue weighted by Gasteiger charge is 2.38. The summed E-state index contributed by atoms with van der Waals surface area (Å²) < 4.78 is 40.0. The molecule has 9 nitrogen and oxygen atoms in total. The molecule has 0 aromatic carbocycles. The van der Waals surface area contributed by atoms with E-state index in [1.807, 2.05) is 0 Å². The third-order valence-corrected chi connectivity index (χ3v) is 6.35. The van der Waals surface area contributed by atoms with E-state index in [0.717, 1.165) is 25.7 Å². The van der Waals surface area contributed by atoms with Crippen LogP contribution < -0.4 is 0 Å². The maximum absolute atomic E-state index is 13.1. The number of esters is 1. The molecule has 1 aliphatic rings. The maximum Gasteiger partial charge on any atom is 0.478 e. The molecule has 0 bridgehead atoms. The van der Waals surface area contributed by atoms with E-state index in [0.29, 0.717) is 12.5 Å². The number of carbonyl (C=O) groups excluding carboxylic acids is 2. The van der Waals surface area contributed by atoms with Gasteiger partial charge < -0.3 is 14.4 Å². The van der Waals surface area contributed by atoms with Gasteiger partial charge in [0.2, 0.25) is 6.79 Å². The van der Waals surface area contributed by atoms with Crippen molar-refractivity contribution in [1.82, 2.24) is 4.90 Å². The van der Waals surface area contributed by atoms with E-state index in [1.54, 1.807) is 62.3 Å².